The Bertz CT molecular complexity index is 532. The van der Waals surface area contributed by atoms with E-state index in [1.807, 2.05) is 0 Å². The van der Waals surface area contributed by atoms with Gasteiger partial charge in [0.15, 0.2) is 0 Å². The molecule has 1 amide bonds. The molecule has 0 aliphatic carbocycles. The average Bonchev–Trinajstić information content (AvgIpc) is 2.28. The van der Waals surface area contributed by atoms with Crippen LogP contribution in [0.3, 0.4) is 0 Å². The highest BCUT2D eigenvalue weighted by atomic mass is 79.9. The predicted molar refractivity (Wildman–Crippen MR) is 62.9 cm³/mol. The van der Waals surface area contributed by atoms with E-state index in [1.54, 1.807) is 0 Å². The van der Waals surface area contributed by atoms with Crippen molar-refractivity contribution in [1.29, 1.82) is 5.26 Å². The predicted octanol–water partition coefficient (Wildman–Crippen LogP) is 3.42. The van der Waals surface area contributed by atoms with E-state index in [0.717, 1.165) is 18.2 Å². The molecule has 94 valence electrons. The second-order valence-electron chi connectivity index (χ2n) is 3.15. The van der Waals surface area contributed by atoms with Gasteiger partial charge in [0.25, 0.3) is 0 Å². The van der Waals surface area contributed by atoms with Crippen LogP contribution in [0.4, 0.5) is 18.9 Å². The van der Waals surface area contributed by atoms with Gasteiger partial charge in [0, 0.05) is 11.8 Å². The zero-order valence-corrected chi connectivity index (χ0v) is 10.3. The molecule has 0 bridgehead atoms. The molecule has 0 aromatic heterocycles. The van der Waals surface area contributed by atoms with Gasteiger partial charge in [-0.15, -0.1) is 0 Å². The van der Waals surface area contributed by atoms with Crippen molar-refractivity contribution < 1.29 is 18.0 Å². The van der Waals surface area contributed by atoms with Crippen LogP contribution in [0.2, 0.25) is 0 Å². The van der Waals surface area contributed by atoms with Crippen LogP contribution >= 0.6 is 15.9 Å². The van der Waals surface area contributed by atoms with Crippen LogP contribution in [0.5, 0.6) is 0 Å². The molecule has 0 saturated heterocycles. The van der Waals surface area contributed by atoms with E-state index in [1.165, 1.54) is 17.1 Å². The summed E-state index contributed by atoms with van der Waals surface area (Å²) in [5.41, 5.74) is -1.60. The van der Waals surface area contributed by atoms with Crippen LogP contribution in [0.1, 0.15) is 11.1 Å². The molecule has 1 N–H and O–H groups in total. The zero-order valence-electron chi connectivity index (χ0n) is 8.75. The molecule has 0 saturated carbocycles. The molecule has 0 aliphatic rings. The maximum Gasteiger partial charge on any atom is 0.417 e. The minimum atomic E-state index is -4.64. The Kier molecular flexibility index (Phi) is 4.50. The average molecular weight is 319 g/mol. The molecule has 18 heavy (non-hydrogen) atoms. The van der Waals surface area contributed by atoms with E-state index < -0.39 is 23.2 Å². The smallest absolute Gasteiger partial charge is 0.322 e. The molecular formula is C11H6BrF3N2O. The standard InChI is InChI=1S/C11H6BrF3N2O/c12-4-3-10(18)17-8-2-1-7(6-16)9(5-8)11(13,14)15/h1-5H,(H,17,18)/b4-3+. The molecule has 0 aliphatic heterocycles. The number of benzene rings is 1. The summed E-state index contributed by atoms with van der Waals surface area (Å²) in [5, 5.41) is 10.8. The fourth-order valence-electron chi connectivity index (χ4n) is 1.20. The minimum absolute atomic E-state index is 0.0306. The first kappa shape index (κ1) is 14.3. The van der Waals surface area contributed by atoms with Crippen LogP contribution in [-0.4, -0.2) is 5.91 Å². The summed E-state index contributed by atoms with van der Waals surface area (Å²) in [6, 6.07) is 4.41. The fraction of sp³-hybridized carbons (Fsp3) is 0.0909. The molecular weight excluding hydrogens is 313 g/mol. The maximum absolute atomic E-state index is 12.6. The van der Waals surface area contributed by atoms with Gasteiger partial charge in [-0.3, -0.25) is 4.79 Å². The van der Waals surface area contributed by atoms with Crippen molar-refractivity contribution in [2.75, 3.05) is 5.32 Å². The second-order valence-corrected chi connectivity index (χ2v) is 3.68. The summed E-state index contributed by atoms with van der Waals surface area (Å²) in [6.45, 7) is 0. The number of carbonyl (C=O) groups is 1. The molecule has 0 fully saturated rings. The Morgan fingerprint density at radius 2 is 2.11 bits per heavy atom. The first-order valence-electron chi connectivity index (χ1n) is 4.57. The van der Waals surface area contributed by atoms with Gasteiger partial charge in [-0.1, -0.05) is 15.9 Å². The number of hydrogen-bond acceptors (Lipinski definition) is 2. The lowest BCUT2D eigenvalue weighted by Gasteiger charge is -2.10. The molecule has 0 atom stereocenters. The van der Waals surface area contributed by atoms with Crippen molar-refractivity contribution in [3.63, 3.8) is 0 Å². The van der Waals surface area contributed by atoms with Crippen LogP contribution in [0, 0.1) is 11.3 Å². The van der Waals surface area contributed by atoms with E-state index >= 15 is 0 Å². The van der Waals surface area contributed by atoms with E-state index in [4.69, 9.17) is 5.26 Å². The number of halogens is 4. The first-order valence-corrected chi connectivity index (χ1v) is 5.49. The molecule has 0 spiro atoms. The molecule has 1 rings (SSSR count). The highest BCUT2D eigenvalue weighted by Crippen LogP contribution is 2.33. The van der Waals surface area contributed by atoms with Crippen LogP contribution < -0.4 is 5.32 Å². The molecule has 1 aromatic rings. The third-order valence-electron chi connectivity index (χ3n) is 1.93. The lowest BCUT2D eigenvalue weighted by Crippen LogP contribution is -2.11. The summed E-state index contributed by atoms with van der Waals surface area (Å²) < 4.78 is 37.8. The minimum Gasteiger partial charge on any atom is -0.322 e. The van der Waals surface area contributed by atoms with Gasteiger partial charge in [0.2, 0.25) is 5.91 Å². The summed E-state index contributed by atoms with van der Waals surface area (Å²) in [5.74, 6) is -0.579. The second kappa shape index (κ2) is 5.69. The van der Waals surface area contributed by atoms with Gasteiger partial charge in [0.1, 0.15) is 0 Å². The van der Waals surface area contributed by atoms with Gasteiger partial charge in [0.05, 0.1) is 17.2 Å². The van der Waals surface area contributed by atoms with Gasteiger partial charge in [-0.25, -0.2) is 0 Å². The molecule has 0 unspecified atom stereocenters. The molecule has 7 heteroatoms. The van der Waals surface area contributed by atoms with Crippen LogP contribution in [0.15, 0.2) is 29.3 Å². The topological polar surface area (TPSA) is 52.9 Å². The van der Waals surface area contributed by atoms with E-state index in [-0.39, 0.29) is 5.69 Å². The van der Waals surface area contributed by atoms with Gasteiger partial charge in [-0.05, 0) is 23.2 Å². The van der Waals surface area contributed by atoms with Crippen molar-refractivity contribution in [3.8, 4) is 6.07 Å². The number of nitriles is 1. The van der Waals surface area contributed by atoms with Crippen molar-refractivity contribution in [3.05, 3.63) is 40.4 Å². The molecule has 0 heterocycles. The van der Waals surface area contributed by atoms with Gasteiger partial charge in [-0.2, -0.15) is 18.4 Å². The largest absolute Gasteiger partial charge is 0.417 e. The third-order valence-corrected chi connectivity index (χ3v) is 2.19. The van der Waals surface area contributed by atoms with E-state index in [9.17, 15) is 18.0 Å². The van der Waals surface area contributed by atoms with Gasteiger partial charge < -0.3 is 5.32 Å². The summed E-state index contributed by atoms with van der Waals surface area (Å²) in [7, 11) is 0. The normalized spacial score (nSPS) is 11.3. The lowest BCUT2D eigenvalue weighted by molar-refractivity contribution is -0.137. The van der Waals surface area contributed by atoms with Gasteiger partial charge >= 0.3 is 6.18 Å². The number of rotatable bonds is 2. The summed E-state index contributed by atoms with van der Waals surface area (Å²) in [6.07, 6.45) is -3.54. The van der Waals surface area contributed by atoms with Crippen molar-refractivity contribution >= 4 is 27.5 Å². The quantitative estimate of drug-likeness (QED) is 0.849. The number of amides is 1. The Morgan fingerprint density at radius 3 is 2.61 bits per heavy atom. The molecule has 0 radical (unpaired) electrons. The first-order chi connectivity index (χ1) is 8.38. The number of alkyl halides is 3. The fourth-order valence-corrected chi connectivity index (χ4v) is 1.44. The number of nitrogens with zero attached hydrogens (tertiary/aromatic N) is 1. The SMILES string of the molecule is N#Cc1ccc(NC(=O)/C=C/Br)cc1C(F)(F)F. The highest BCUT2D eigenvalue weighted by Gasteiger charge is 2.33. The van der Waals surface area contributed by atoms with E-state index in [0.29, 0.717) is 0 Å². The highest BCUT2D eigenvalue weighted by molar-refractivity contribution is 9.11. The number of anilines is 1. The number of nitrogens with one attached hydrogen (secondary N) is 1. The Balaban J connectivity index is 3.12. The number of hydrogen-bond donors (Lipinski definition) is 1. The Hall–Kier alpha value is -1.81. The summed E-state index contributed by atoms with van der Waals surface area (Å²) in [4.78, 5) is 12.4. The summed E-state index contributed by atoms with van der Waals surface area (Å²) >= 11 is 2.87. The van der Waals surface area contributed by atoms with Crippen molar-refractivity contribution in [1.82, 2.24) is 0 Å². The third kappa shape index (κ3) is 3.60. The van der Waals surface area contributed by atoms with Crippen molar-refractivity contribution in [2.45, 2.75) is 6.18 Å². The molecule has 3 nitrogen and oxygen atoms in total. The van der Waals surface area contributed by atoms with Crippen molar-refractivity contribution in [2.24, 2.45) is 0 Å². The maximum atomic E-state index is 12.6. The van der Waals surface area contributed by atoms with E-state index in [2.05, 4.69) is 21.2 Å². The van der Waals surface area contributed by atoms with Crippen LogP contribution in [0.25, 0.3) is 0 Å². The number of carbonyl (C=O) groups excluding carboxylic acids is 1. The Labute approximate surface area is 109 Å². The lowest BCUT2D eigenvalue weighted by atomic mass is 10.1. The molecule has 1 aromatic carbocycles. The van der Waals surface area contributed by atoms with Crippen LogP contribution in [-0.2, 0) is 11.0 Å². The Morgan fingerprint density at radius 1 is 1.44 bits per heavy atom. The monoisotopic (exact) mass is 318 g/mol. The zero-order chi connectivity index (χ0) is 13.8.